The summed E-state index contributed by atoms with van der Waals surface area (Å²) in [5, 5.41) is 8.66. The van der Waals surface area contributed by atoms with Gasteiger partial charge in [0.1, 0.15) is 6.10 Å². The van der Waals surface area contributed by atoms with Crippen molar-refractivity contribution in [2.75, 3.05) is 7.11 Å². The van der Waals surface area contributed by atoms with E-state index in [0.29, 0.717) is 0 Å². The van der Waals surface area contributed by atoms with Crippen molar-refractivity contribution >= 4 is 0 Å². The van der Waals surface area contributed by atoms with E-state index < -0.39 is 17.9 Å². The maximum absolute atomic E-state index is 11.8. The Hall–Kier alpha value is -0.290. The zero-order valence-corrected chi connectivity index (χ0v) is 7.98. The van der Waals surface area contributed by atoms with Gasteiger partial charge in [-0.25, -0.2) is 0 Å². The molecule has 0 aromatic rings. The van der Waals surface area contributed by atoms with Gasteiger partial charge in [0.2, 0.25) is 0 Å². The molecule has 0 fully saturated rings. The third-order valence-electron chi connectivity index (χ3n) is 1.95. The maximum atomic E-state index is 11.8. The summed E-state index contributed by atoms with van der Waals surface area (Å²) < 4.78 is 40.4. The smallest absolute Gasteiger partial charge is 0.384 e. The first-order valence-corrected chi connectivity index (χ1v) is 3.99. The Morgan fingerprint density at radius 2 is 1.77 bits per heavy atom. The van der Waals surface area contributed by atoms with Crippen LogP contribution in [0.2, 0.25) is 0 Å². The fraction of sp³-hybridized carbons (Fsp3) is 1.00. The molecular formula is C8H15F3O2. The number of rotatable bonds is 4. The third-order valence-corrected chi connectivity index (χ3v) is 1.95. The largest absolute Gasteiger partial charge is 0.414 e. The minimum atomic E-state index is -4.52. The molecule has 0 aliphatic carbocycles. The monoisotopic (exact) mass is 200 g/mol. The standard InChI is InChI=1S/C8H15F3O2/c1-7(2,13-3)5-4-6(12)8(9,10)11/h6,12H,4-5H2,1-3H3/t6-/m0/s1. The van der Waals surface area contributed by atoms with E-state index in [0.717, 1.165) is 0 Å². The lowest BCUT2D eigenvalue weighted by Crippen LogP contribution is -2.32. The minimum Gasteiger partial charge on any atom is -0.384 e. The fourth-order valence-corrected chi connectivity index (χ4v) is 0.750. The fourth-order valence-electron chi connectivity index (χ4n) is 0.750. The summed E-state index contributed by atoms with van der Waals surface area (Å²) in [7, 11) is 1.43. The van der Waals surface area contributed by atoms with Gasteiger partial charge in [-0.2, -0.15) is 13.2 Å². The van der Waals surface area contributed by atoms with Gasteiger partial charge in [-0.05, 0) is 26.7 Å². The summed E-state index contributed by atoms with van der Waals surface area (Å²) in [4.78, 5) is 0. The lowest BCUT2D eigenvalue weighted by molar-refractivity contribution is -0.208. The first-order valence-electron chi connectivity index (χ1n) is 3.99. The van der Waals surface area contributed by atoms with Gasteiger partial charge in [-0.1, -0.05) is 0 Å². The number of aliphatic hydroxyl groups excluding tert-OH is 1. The first kappa shape index (κ1) is 12.7. The summed E-state index contributed by atoms with van der Waals surface area (Å²) in [6, 6.07) is 0. The predicted octanol–water partition coefficient (Wildman–Crippen LogP) is 2.11. The molecule has 0 aliphatic rings. The summed E-state index contributed by atoms with van der Waals surface area (Å²) in [5.74, 6) is 0. The Bertz CT molecular complexity index is 154. The number of aliphatic hydroxyl groups is 1. The van der Waals surface area contributed by atoms with Crippen molar-refractivity contribution in [3.8, 4) is 0 Å². The van der Waals surface area contributed by atoms with E-state index in [-0.39, 0.29) is 12.8 Å². The molecule has 0 unspecified atom stereocenters. The number of methoxy groups -OCH3 is 1. The highest BCUT2D eigenvalue weighted by molar-refractivity contribution is 4.73. The van der Waals surface area contributed by atoms with Gasteiger partial charge < -0.3 is 9.84 Å². The van der Waals surface area contributed by atoms with Crippen molar-refractivity contribution in [3.05, 3.63) is 0 Å². The topological polar surface area (TPSA) is 29.5 Å². The molecule has 1 N–H and O–H groups in total. The van der Waals surface area contributed by atoms with Crippen LogP contribution in [0.15, 0.2) is 0 Å². The van der Waals surface area contributed by atoms with Crippen molar-refractivity contribution in [1.29, 1.82) is 0 Å². The molecule has 2 nitrogen and oxygen atoms in total. The number of hydrogen-bond acceptors (Lipinski definition) is 2. The Morgan fingerprint density at radius 3 is 2.08 bits per heavy atom. The molecule has 0 spiro atoms. The average Bonchev–Trinajstić information content (AvgIpc) is 1.98. The molecule has 0 amide bonds. The van der Waals surface area contributed by atoms with Gasteiger partial charge in [0.05, 0.1) is 5.60 Å². The molecule has 0 rings (SSSR count). The SMILES string of the molecule is COC(C)(C)CC[C@H](O)C(F)(F)F. The van der Waals surface area contributed by atoms with Crippen molar-refractivity contribution in [2.24, 2.45) is 0 Å². The van der Waals surface area contributed by atoms with E-state index in [9.17, 15) is 13.2 Å². The normalized spacial score (nSPS) is 15.9. The van der Waals surface area contributed by atoms with Crippen molar-refractivity contribution in [1.82, 2.24) is 0 Å². The number of alkyl halides is 3. The van der Waals surface area contributed by atoms with Gasteiger partial charge in [0, 0.05) is 7.11 Å². The van der Waals surface area contributed by atoms with Crippen LogP contribution in [0.5, 0.6) is 0 Å². The van der Waals surface area contributed by atoms with Crippen LogP contribution in [0.3, 0.4) is 0 Å². The summed E-state index contributed by atoms with van der Waals surface area (Å²) in [5.41, 5.74) is -0.619. The zero-order valence-electron chi connectivity index (χ0n) is 7.98. The van der Waals surface area contributed by atoms with E-state index >= 15 is 0 Å². The highest BCUT2D eigenvalue weighted by Gasteiger charge is 2.38. The van der Waals surface area contributed by atoms with Gasteiger partial charge in [0.15, 0.2) is 0 Å². The molecule has 1 atom stereocenters. The van der Waals surface area contributed by atoms with E-state index in [1.807, 2.05) is 0 Å². The molecule has 0 aromatic carbocycles. The van der Waals surface area contributed by atoms with Crippen LogP contribution in [-0.4, -0.2) is 30.1 Å². The van der Waals surface area contributed by atoms with Crippen molar-refractivity contribution in [3.63, 3.8) is 0 Å². The molecule has 0 saturated heterocycles. The lowest BCUT2D eigenvalue weighted by Gasteiger charge is -2.24. The second kappa shape index (κ2) is 4.28. The molecule has 13 heavy (non-hydrogen) atoms. The van der Waals surface area contributed by atoms with Crippen LogP contribution in [-0.2, 0) is 4.74 Å². The Kier molecular flexibility index (Phi) is 4.19. The van der Waals surface area contributed by atoms with Crippen LogP contribution in [0.1, 0.15) is 26.7 Å². The summed E-state index contributed by atoms with van der Waals surface area (Å²) >= 11 is 0. The molecule has 0 saturated carbocycles. The summed E-state index contributed by atoms with van der Waals surface area (Å²) in [6.45, 7) is 3.35. The summed E-state index contributed by atoms with van der Waals surface area (Å²) in [6.07, 6.45) is -6.93. The number of ether oxygens (including phenoxy) is 1. The highest BCUT2D eigenvalue weighted by atomic mass is 19.4. The maximum Gasteiger partial charge on any atom is 0.414 e. The molecule has 80 valence electrons. The predicted molar refractivity (Wildman–Crippen MR) is 42.4 cm³/mol. The average molecular weight is 200 g/mol. The molecule has 0 heterocycles. The molecule has 0 radical (unpaired) electrons. The second-order valence-electron chi connectivity index (χ2n) is 3.56. The van der Waals surface area contributed by atoms with Gasteiger partial charge in [-0.15, -0.1) is 0 Å². The Labute approximate surface area is 75.7 Å². The Balaban J connectivity index is 3.90. The number of halogens is 3. The van der Waals surface area contributed by atoms with Crippen LogP contribution < -0.4 is 0 Å². The molecular weight excluding hydrogens is 185 g/mol. The third kappa shape index (κ3) is 5.10. The van der Waals surface area contributed by atoms with Crippen LogP contribution in [0, 0.1) is 0 Å². The minimum absolute atomic E-state index is 0.171. The van der Waals surface area contributed by atoms with Crippen molar-refractivity contribution in [2.45, 2.75) is 44.6 Å². The highest BCUT2D eigenvalue weighted by Crippen LogP contribution is 2.26. The molecule has 0 aliphatic heterocycles. The van der Waals surface area contributed by atoms with Gasteiger partial charge in [0.25, 0.3) is 0 Å². The van der Waals surface area contributed by atoms with Crippen LogP contribution in [0.4, 0.5) is 13.2 Å². The van der Waals surface area contributed by atoms with E-state index in [1.54, 1.807) is 13.8 Å². The molecule has 0 bridgehead atoms. The van der Waals surface area contributed by atoms with Gasteiger partial charge >= 0.3 is 6.18 Å². The Morgan fingerprint density at radius 1 is 1.31 bits per heavy atom. The van der Waals surface area contributed by atoms with E-state index in [1.165, 1.54) is 7.11 Å². The lowest BCUT2D eigenvalue weighted by atomic mass is 10.00. The zero-order chi connectivity index (χ0) is 10.7. The van der Waals surface area contributed by atoms with Crippen LogP contribution >= 0.6 is 0 Å². The quantitative estimate of drug-likeness (QED) is 0.753. The van der Waals surface area contributed by atoms with Crippen LogP contribution in [0.25, 0.3) is 0 Å². The molecule has 0 aromatic heterocycles. The van der Waals surface area contributed by atoms with Gasteiger partial charge in [-0.3, -0.25) is 0 Å². The second-order valence-corrected chi connectivity index (χ2v) is 3.56. The number of hydrogen-bond donors (Lipinski definition) is 1. The first-order chi connectivity index (χ1) is 5.69. The van der Waals surface area contributed by atoms with E-state index in [4.69, 9.17) is 9.84 Å². The van der Waals surface area contributed by atoms with Crippen molar-refractivity contribution < 1.29 is 23.0 Å². The molecule has 5 heteroatoms. The van der Waals surface area contributed by atoms with E-state index in [2.05, 4.69) is 0 Å².